The van der Waals surface area contributed by atoms with E-state index in [2.05, 4.69) is 11.8 Å². The molecule has 0 unspecified atom stereocenters. The smallest absolute Gasteiger partial charge is 0.314 e. The second-order valence-corrected chi connectivity index (χ2v) is 4.45. The summed E-state index contributed by atoms with van der Waals surface area (Å²) in [5.74, 6) is 2.49. The first-order valence-corrected chi connectivity index (χ1v) is 6.31. The molecule has 0 saturated heterocycles. The third kappa shape index (κ3) is 3.91. The molecule has 0 aliphatic heterocycles. The Morgan fingerprint density at radius 1 is 1.05 bits per heavy atom. The van der Waals surface area contributed by atoms with Gasteiger partial charge in [0, 0.05) is 5.56 Å². The highest BCUT2D eigenvalue weighted by atomic mass is 19.1. The van der Waals surface area contributed by atoms with Gasteiger partial charge in [0.05, 0.1) is 0 Å². The van der Waals surface area contributed by atoms with E-state index in [1.807, 2.05) is 0 Å². The highest BCUT2D eigenvalue weighted by molar-refractivity contribution is 5.77. The first kappa shape index (κ1) is 14.8. The number of carboxylic acid groups (broad SMARTS) is 1. The number of hydrogen-bond acceptors (Lipinski definition) is 2. The third-order valence-electron chi connectivity index (χ3n) is 2.95. The Morgan fingerprint density at radius 2 is 1.67 bits per heavy atom. The molecule has 0 aliphatic carbocycles. The zero-order valence-corrected chi connectivity index (χ0v) is 11.0. The van der Waals surface area contributed by atoms with E-state index >= 15 is 0 Å². The minimum Gasteiger partial charge on any atom is -0.481 e. The van der Waals surface area contributed by atoms with Crippen LogP contribution in [0.25, 0.3) is 0 Å². The molecule has 2 N–H and O–H groups in total. The average molecular weight is 284 g/mol. The largest absolute Gasteiger partial charge is 0.481 e. The van der Waals surface area contributed by atoms with Crippen LogP contribution >= 0.6 is 0 Å². The van der Waals surface area contributed by atoms with E-state index in [1.54, 1.807) is 30.3 Å². The molecule has 0 aliphatic rings. The van der Waals surface area contributed by atoms with Gasteiger partial charge in [-0.15, -0.1) is 0 Å². The van der Waals surface area contributed by atoms with Crippen LogP contribution in [-0.2, 0) is 4.79 Å². The van der Waals surface area contributed by atoms with Gasteiger partial charge >= 0.3 is 5.97 Å². The molecular formula is C17H13FO3. The van der Waals surface area contributed by atoms with Gasteiger partial charge in [-0.25, -0.2) is 4.39 Å². The molecule has 0 spiro atoms. The molecule has 0 fully saturated rings. The predicted octanol–water partition coefficient (Wildman–Crippen LogP) is 2.41. The molecule has 21 heavy (non-hydrogen) atoms. The summed E-state index contributed by atoms with van der Waals surface area (Å²) in [6.45, 7) is 0. The van der Waals surface area contributed by atoms with Crippen molar-refractivity contribution in [3.8, 4) is 11.8 Å². The standard InChI is InChI=1S/C17H13FO3/c18-14-9-6-12(7-10-14)8-11-15(19)16(17(20)21)13-4-2-1-3-5-13/h1-7,9-10,15-16,19H,(H,20,21)/t15-,16-/m1/s1. The maximum absolute atomic E-state index is 12.8. The SMILES string of the molecule is O=C(O)[C@H](c1ccccc1)[C@H](O)C#Cc1ccc(F)cc1. The van der Waals surface area contributed by atoms with Gasteiger partial charge in [0.15, 0.2) is 0 Å². The Hall–Kier alpha value is -2.64. The van der Waals surface area contributed by atoms with E-state index in [4.69, 9.17) is 0 Å². The summed E-state index contributed by atoms with van der Waals surface area (Å²) < 4.78 is 12.8. The van der Waals surface area contributed by atoms with Crippen LogP contribution in [0.15, 0.2) is 54.6 Å². The van der Waals surface area contributed by atoms with Crippen LogP contribution in [0.2, 0.25) is 0 Å². The predicted molar refractivity (Wildman–Crippen MR) is 76.1 cm³/mol. The summed E-state index contributed by atoms with van der Waals surface area (Å²) in [4.78, 5) is 11.3. The molecule has 0 bridgehead atoms. The van der Waals surface area contributed by atoms with Crippen LogP contribution in [0.3, 0.4) is 0 Å². The third-order valence-corrected chi connectivity index (χ3v) is 2.95. The molecule has 0 saturated carbocycles. The molecule has 2 aromatic rings. The summed E-state index contributed by atoms with van der Waals surface area (Å²) >= 11 is 0. The molecule has 0 amide bonds. The second kappa shape index (κ2) is 6.69. The molecule has 2 rings (SSSR count). The summed E-state index contributed by atoms with van der Waals surface area (Å²) in [7, 11) is 0. The summed E-state index contributed by atoms with van der Waals surface area (Å²) in [6, 6.07) is 13.9. The maximum atomic E-state index is 12.8. The van der Waals surface area contributed by atoms with Crippen molar-refractivity contribution in [2.45, 2.75) is 12.0 Å². The van der Waals surface area contributed by atoms with Crippen molar-refractivity contribution >= 4 is 5.97 Å². The molecule has 3 nitrogen and oxygen atoms in total. The van der Waals surface area contributed by atoms with Crippen LogP contribution in [0.4, 0.5) is 4.39 Å². The van der Waals surface area contributed by atoms with Crippen LogP contribution in [0.1, 0.15) is 17.0 Å². The first-order valence-electron chi connectivity index (χ1n) is 6.31. The van der Waals surface area contributed by atoms with Crippen LogP contribution in [0, 0.1) is 17.7 Å². The van der Waals surface area contributed by atoms with E-state index in [0.717, 1.165) is 0 Å². The fourth-order valence-corrected chi connectivity index (χ4v) is 1.89. The van der Waals surface area contributed by atoms with E-state index in [9.17, 15) is 19.4 Å². The fourth-order valence-electron chi connectivity index (χ4n) is 1.89. The quantitative estimate of drug-likeness (QED) is 0.851. The van der Waals surface area contributed by atoms with Gasteiger partial charge in [-0.3, -0.25) is 4.79 Å². The van der Waals surface area contributed by atoms with E-state index in [-0.39, 0.29) is 5.82 Å². The van der Waals surface area contributed by atoms with E-state index in [1.165, 1.54) is 24.3 Å². The molecule has 0 aromatic heterocycles. The number of hydrogen-bond donors (Lipinski definition) is 2. The maximum Gasteiger partial charge on any atom is 0.314 e. The van der Waals surface area contributed by atoms with Crippen molar-refractivity contribution in [3.05, 3.63) is 71.5 Å². The van der Waals surface area contributed by atoms with Gasteiger partial charge < -0.3 is 10.2 Å². The first-order chi connectivity index (χ1) is 10.1. The van der Waals surface area contributed by atoms with Crippen molar-refractivity contribution in [1.29, 1.82) is 0 Å². The van der Waals surface area contributed by atoms with Crippen LogP contribution < -0.4 is 0 Å². The molecule has 2 aromatic carbocycles. The lowest BCUT2D eigenvalue weighted by Gasteiger charge is -2.14. The second-order valence-electron chi connectivity index (χ2n) is 4.45. The van der Waals surface area contributed by atoms with Crippen molar-refractivity contribution in [2.75, 3.05) is 0 Å². The van der Waals surface area contributed by atoms with Crippen LogP contribution in [-0.4, -0.2) is 22.3 Å². The Kier molecular flexibility index (Phi) is 4.70. The highest BCUT2D eigenvalue weighted by Gasteiger charge is 2.26. The Morgan fingerprint density at radius 3 is 2.24 bits per heavy atom. The normalized spacial score (nSPS) is 12.9. The highest BCUT2D eigenvalue weighted by Crippen LogP contribution is 2.19. The number of aliphatic hydroxyl groups excluding tert-OH is 1. The summed E-state index contributed by atoms with van der Waals surface area (Å²) in [5.41, 5.74) is 0.985. The number of halogens is 1. The number of aliphatic hydroxyl groups is 1. The van der Waals surface area contributed by atoms with Gasteiger partial charge in [-0.2, -0.15) is 0 Å². The van der Waals surface area contributed by atoms with Gasteiger partial charge in [0.2, 0.25) is 0 Å². The number of rotatable bonds is 3. The number of benzene rings is 2. The lowest BCUT2D eigenvalue weighted by molar-refractivity contribution is -0.140. The molecule has 0 radical (unpaired) electrons. The lowest BCUT2D eigenvalue weighted by atomic mass is 9.93. The molecule has 2 atom stereocenters. The minimum atomic E-state index is -1.35. The van der Waals surface area contributed by atoms with Gasteiger partial charge in [0.1, 0.15) is 17.8 Å². The molecular weight excluding hydrogens is 271 g/mol. The summed E-state index contributed by atoms with van der Waals surface area (Å²) in [6.07, 6.45) is -1.35. The molecule has 4 heteroatoms. The zero-order valence-electron chi connectivity index (χ0n) is 11.0. The van der Waals surface area contributed by atoms with Gasteiger partial charge in [-0.1, -0.05) is 42.2 Å². The lowest BCUT2D eigenvalue weighted by Crippen LogP contribution is -2.24. The number of aliphatic carboxylic acids is 1. The van der Waals surface area contributed by atoms with Crippen LogP contribution in [0.5, 0.6) is 0 Å². The van der Waals surface area contributed by atoms with Crippen molar-refractivity contribution < 1.29 is 19.4 Å². The van der Waals surface area contributed by atoms with Crippen molar-refractivity contribution in [2.24, 2.45) is 0 Å². The minimum absolute atomic E-state index is 0.381. The van der Waals surface area contributed by atoms with E-state index in [0.29, 0.717) is 11.1 Å². The van der Waals surface area contributed by atoms with Gasteiger partial charge in [-0.05, 0) is 29.8 Å². The summed E-state index contributed by atoms with van der Waals surface area (Å²) in [5, 5.41) is 19.3. The fraction of sp³-hybridized carbons (Fsp3) is 0.118. The molecule has 106 valence electrons. The van der Waals surface area contributed by atoms with Crippen molar-refractivity contribution in [3.63, 3.8) is 0 Å². The Labute approximate surface area is 121 Å². The Balaban J connectivity index is 2.23. The number of carboxylic acids is 1. The van der Waals surface area contributed by atoms with Gasteiger partial charge in [0.25, 0.3) is 0 Å². The average Bonchev–Trinajstić information content (AvgIpc) is 2.47. The van der Waals surface area contributed by atoms with Crippen molar-refractivity contribution in [1.82, 2.24) is 0 Å². The monoisotopic (exact) mass is 284 g/mol. The topological polar surface area (TPSA) is 57.5 Å². The Bertz CT molecular complexity index is 669. The zero-order chi connectivity index (χ0) is 15.2. The molecule has 0 heterocycles. The van der Waals surface area contributed by atoms with E-state index < -0.39 is 18.0 Å². The number of carbonyl (C=O) groups is 1.